The van der Waals surface area contributed by atoms with Gasteiger partial charge in [-0.1, -0.05) is 6.42 Å². The molecule has 17 heavy (non-hydrogen) atoms. The lowest BCUT2D eigenvalue weighted by Crippen LogP contribution is -2.28. The molecule has 0 N–H and O–H groups in total. The first-order valence-electron chi connectivity index (χ1n) is 6.54. The second kappa shape index (κ2) is 4.60. The molecule has 2 fully saturated rings. The van der Waals surface area contributed by atoms with Gasteiger partial charge in [-0.25, -0.2) is 0 Å². The van der Waals surface area contributed by atoms with Crippen LogP contribution in [0.1, 0.15) is 25.7 Å². The molecule has 0 spiro atoms. The molecule has 3 rings (SSSR count). The number of rotatable bonds is 3. The van der Waals surface area contributed by atoms with Gasteiger partial charge in [0.15, 0.2) is 0 Å². The van der Waals surface area contributed by atoms with Crippen molar-refractivity contribution in [3.8, 4) is 0 Å². The summed E-state index contributed by atoms with van der Waals surface area (Å²) in [5.41, 5.74) is 1.22. The maximum absolute atomic E-state index is 4.24. The molecule has 0 amide bonds. The molecule has 0 aliphatic heterocycles. The molecule has 0 radical (unpaired) electrons. The fourth-order valence-electron chi connectivity index (χ4n) is 3.67. The molecule has 3 atom stereocenters. The number of hydrogen-bond donors (Lipinski definition) is 0. The Hall–Kier alpha value is -0.570. The van der Waals surface area contributed by atoms with Crippen molar-refractivity contribution in [1.29, 1.82) is 0 Å². The first-order chi connectivity index (χ1) is 8.22. The summed E-state index contributed by atoms with van der Waals surface area (Å²) in [4.78, 5) is 6.60. The zero-order valence-corrected chi connectivity index (χ0v) is 11.9. The molecule has 2 saturated carbocycles. The number of nitrogens with zero attached hydrogens (tertiary/aromatic N) is 2. The largest absolute Gasteiger partial charge is 0.373 e. The summed E-state index contributed by atoms with van der Waals surface area (Å²) in [5, 5.41) is 0. The van der Waals surface area contributed by atoms with Gasteiger partial charge in [-0.15, -0.1) is 0 Å². The number of anilines is 1. The van der Waals surface area contributed by atoms with Crippen LogP contribution in [0.4, 0.5) is 5.69 Å². The molecule has 0 aromatic carbocycles. The van der Waals surface area contributed by atoms with E-state index in [2.05, 4.69) is 38.9 Å². The third kappa shape index (κ3) is 2.35. The van der Waals surface area contributed by atoms with Crippen molar-refractivity contribution in [3.05, 3.63) is 22.9 Å². The third-order valence-electron chi connectivity index (χ3n) is 4.52. The van der Waals surface area contributed by atoms with E-state index in [1.54, 1.807) is 0 Å². The highest BCUT2D eigenvalue weighted by Crippen LogP contribution is 2.48. The van der Waals surface area contributed by atoms with Gasteiger partial charge < -0.3 is 4.90 Å². The predicted molar refractivity (Wildman–Crippen MR) is 74.1 cm³/mol. The Morgan fingerprint density at radius 3 is 2.88 bits per heavy atom. The van der Waals surface area contributed by atoms with Crippen LogP contribution >= 0.6 is 15.9 Å². The van der Waals surface area contributed by atoms with E-state index < -0.39 is 0 Å². The lowest BCUT2D eigenvalue weighted by atomic mass is 9.88. The molecule has 1 aromatic rings. The fraction of sp³-hybridized carbons (Fsp3) is 0.643. The maximum atomic E-state index is 4.24. The predicted octanol–water partition coefficient (Wildman–Crippen LogP) is 3.72. The zero-order valence-electron chi connectivity index (χ0n) is 10.3. The highest BCUT2D eigenvalue weighted by Gasteiger charge is 2.39. The lowest BCUT2D eigenvalue weighted by molar-refractivity contribution is 0.337. The van der Waals surface area contributed by atoms with Crippen molar-refractivity contribution in [2.75, 3.05) is 18.5 Å². The van der Waals surface area contributed by atoms with E-state index in [4.69, 9.17) is 0 Å². The molecule has 1 aromatic heterocycles. The molecule has 2 nitrogen and oxygen atoms in total. The molecule has 2 bridgehead atoms. The van der Waals surface area contributed by atoms with Gasteiger partial charge in [0.25, 0.3) is 0 Å². The first kappa shape index (κ1) is 11.5. The number of hydrogen-bond acceptors (Lipinski definition) is 2. The molecular weight excluding hydrogens is 276 g/mol. The highest BCUT2D eigenvalue weighted by atomic mass is 79.9. The summed E-state index contributed by atoms with van der Waals surface area (Å²) in [5.74, 6) is 2.96. The van der Waals surface area contributed by atoms with Crippen LogP contribution in [-0.2, 0) is 0 Å². The normalized spacial score (nSPS) is 30.8. The third-order valence-corrected chi connectivity index (χ3v) is 4.96. The van der Waals surface area contributed by atoms with Crippen LogP contribution in [0.2, 0.25) is 0 Å². The molecule has 1 heterocycles. The number of aromatic nitrogens is 1. The molecule has 92 valence electrons. The van der Waals surface area contributed by atoms with Crippen molar-refractivity contribution in [3.63, 3.8) is 0 Å². The molecule has 3 unspecified atom stereocenters. The van der Waals surface area contributed by atoms with Crippen LogP contribution in [0, 0.1) is 17.8 Å². The van der Waals surface area contributed by atoms with Gasteiger partial charge in [-0.3, -0.25) is 4.98 Å². The minimum absolute atomic E-state index is 0.915. The van der Waals surface area contributed by atoms with Crippen LogP contribution in [0.15, 0.2) is 22.9 Å². The Morgan fingerprint density at radius 1 is 1.35 bits per heavy atom. The first-order valence-corrected chi connectivity index (χ1v) is 7.33. The summed E-state index contributed by atoms with van der Waals surface area (Å²) < 4.78 is 1.06. The van der Waals surface area contributed by atoms with Crippen LogP contribution in [-0.4, -0.2) is 18.6 Å². The lowest BCUT2D eigenvalue weighted by Gasteiger charge is -2.28. The second-order valence-corrected chi connectivity index (χ2v) is 6.59. The summed E-state index contributed by atoms with van der Waals surface area (Å²) in [6.45, 7) is 1.19. The van der Waals surface area contributed by atoms with Crippen LogP contribution in [0.5, 0.6) is 0 Å². The molecule has 2 aliphatic rings. The summed E-state index contributed by atoms with van der Waals surface area (Å²) >= 11 is 3.49. The highest BCUT2D eigenvalue weighted by molar-refractivity contribution is 9.10. The van der Waals surface area contributed by atoms with Crippen molar-refractivity contribution in [1.82, 2.24) is 4.98 Å². The van der Waals surface area contributed by atoms with E-state index in [1.165, 1.54) is 37.9 Å². The maximum Gasteiger partial charge on any atom is 0.0561 e. The van der Waals surface area contributed by atoms with E-state index in [1.807, 2.05) is 12.4 Å². The van der Waals surface area contributed by atoms with E-state index in [0.29, 0.717) is 0 Å². The Kier molecular flexibility index (Phi) is 3.12. The average molecular weight is 295 g/mol. The molecule has 3 heteroatoms. The van der Waals surface area contributed by atoms with Crippen LogP contribution in [0.3, 0.4) is 0 Å². The summed E-state index contributed by atoms with van der Waals surface area (Å²) in [6, 6.07) is 2.15. The quantitative estimate of drug-likeness (QED) is 0.845. The zero-order chi connectivity index (χ0) is 11.8. The minimum Gasteiger partial charge on any atom is -0.373 e. The smallest absolute Gasteiger partial charge is 0.0561 e. The average Bonchev–Trinajstić information content (AvgIpc) is 2.91. The monoisotopic (exact) mass is 294 g/mol. The summed E-state index contributed by atoms with van der Waals surface area (Å²) in [6.07, 6.45) is 9.71. The van der Waals surface area contributed by atoms with Gasteiger partial charge in [-0.2, -0.15) is 0 Å². The summed E-state index contributed by atoms with van der Waals surface area (Å²) in [7, 11) is 2.19. The van der Waals surface area contributed by atoms with Crippen LogP contribution in [0.25, 0.3) is 0 Å². The SMILES string of the molecule is CN(CC1CC2CCC1C2)c1cncc(Br)c1. The van der Waals surface area contributed by atoms with Crippen molar-refractivity contribution in [2.45, 2.75) is 25.7 Å². The van der Waals surface area contributed by atoms with E-state index in [-0.39, 0.29) is 0 Å². The van der Waals surface area contributed by atoms with Gasteiger partial charge in [0.1, 0.15) is 0 Å². The fourth-order valence-corrected chi connectivity index (χ4v) is 4.02. The number of halogens is 1. The Bertz CT molecular complexity index is 407. The van der Waals surface area contributed by atoms with E-state index >= 15 is 0 Å². The van der Waals surface area contributed by atoms with Gasteiger partial charge in [0, 0.05) is 24.3 Å². The van der Waals surface area contributed by atoms with E-state index in [0.717, 1.165) is 22.2 Å². The van der Waals surface area contributed by atoms with Gasteiger partial charge in [0.05, 0.1) is 11.9 Å². The van der Waals surface area contributed by atoms with E-state index in [9.17, 15) is 0 Å². The molecule has 2 aliphatic carbocycles. The van der Waals surface area contributed by atoms with Crippen molar-refractivity contribution >= 4 is 21.6 Å². The van der Waals surface area contributed by atoms with Gasteiger partial charge in [-0.05, 0) is 59.0 Å². The second-order valence-electron chi connectivity index (χ2n) is 5.68. The standard InChI is InChI=1S/C14H19BrN2/c1-17(14-6-13(15)7-16-8-14)9-12-5-10-2-3-11(12)4-10/h6-8,10-12H,2-5,9H2,1H3. The van der Waals surface area contributed by atoms with Crippen molar-refractivity contribution < 1.29 is 0 Å². The molecule has 0 saturated heterocycles. The number of pyridine rings is 1. The Morgan fingerprint density at radius 2 is 2.24 bits per heavy atom. The number of fused-ring (bicyclic) bond motifs is 2. The van der Waals surface area contributed by atoms with Gasteiger partial charge in [0.2, 0.25) is 0 Å². The van der Waals surface area contributed by atoms with Crippen molar-refractivity contribution in [2.24, 2.45) is 17.8 Å². The molecular formula is C14H19BrN2. The Balaban J connectivity index is 1.65. The van der Waals surface area contributed by atoms with Crippen LogP contribution < -0.4 is 4.90 Å². The minimum atomic E-state index is 0.915. The van der Waals surface area contributed by atoms with Gasteiger partial charge >= 0.3 is 0 Å². The Labute approximate surface area is 112 Å². The topological polar surface area (TPSA) is 16.1 Å².